The minimum absolute atomic E-state index is 0.118. The van der Waals surface area contributed by atoms with E-state index in [1.807, 2.05) is 6.07 Å². The van der Waals surface area contributed by atoms with Gasteiger partial charge in [0, 0.05) is 5.33 Å². The van der Waals surface area contributed by atoms with Crippen molar-refractivity contribution >= 4 is 30.2 Å². The van der Waals surface area contributed by atoms with Gasteiger partial charge in [0.25, 0.3) is 0 Å². The topological polar surface area (TPSA) is 46.5 Å². The predicted molar refractivity (Wildman–Crippen MR) is 83.9 cm³/mol. The molecule has 0 unspecified atom stereocenters. The molecule has 0 aromatic heterocycles. The zero-order chi connectivity index (χ0) is 14.8. The summed E-state index contributed by atoms with van der Waals surface area (Å²) in [5.74, 6) is -0.153. The molecule has 0 spiro atoms. The lowest BCUT2D eigenvalue weighted by Crippen LogP contribution is -2.43. The second-order valence-electron chi connectivity index (χ2n) is 6.12. The summed E-state index contributed by atoms with van der Waals surface area (Å²) in [5.41, 5.74) is 1.06. The van der Waals surface area contributed by atoms with Crippen molar-refractivity contribution in [2.24, 2.45) is 0 Å². The number of rotatable bonds is 4. The van der Waals surface area contributed by atoms with Crippen molar-refractivity contribution < 1.29 is 14.3 Å². The molecule has 0 aliphatic rings. The third-order valence-electron chi connectivity index (χ3n) is 3.63. The summed E-state index contributed by atoms with van der Waals surface area (Å²) in [6.45, 7) is 10.9. The smallest absolute Gasteiger partial charge is 0.335 e. The SMILES string of the molecule is CC(C)(C)[Si](C)(C)Oc1ccc(C(=O)O)c(CBr)c1. The second-order valence-corrected chi connectivity index (χ2v) is 11.4. The summed E-state index contributed by atoms with van der Waals surface area (Å²) < 4.78 is 6.17. The van der Waals surface area contributed by atoms with Crippen molar-refractivity contribution in [3.05, 3.63) is 29.3 Å². The third kappa shape index (κ3) is 3.83. The quantitative estimate of drug-likeness (QED) is 0.637. The van der Waals surface area contributed by atoms with Crippen LogP contribution in [0.4, 0.5) is 0 Å². The zero-order valence-corrected chi connectivity index (χ0v) is 14.7. The van der Waals surface area contributed by atoms with Gasteiger partial charge in [-0.2, -0.15) is 0 Å². The predicted octanol–water partition coefficient (Wildman–Crippen LogP) is 4.66. The van der Waals surface area contributed by atoms with Gasteiger partial charge >= 0.3 is 5.97 Å². The summed E-state index contributed by atoms with van der Waals surface area (Å²) in [5, 5.41) is 9.72. The van der Waals surface area contributed by atoms with E-state index in [1.54, 1.807) is 12.1 Å². The van der Waals surface area contributed by atoms with Gasteiger partial charge in [-0.05, 0) is 41.9 Å². The molecule has 19 heavy (non-hydrogen) atoms. The minimum atomic E-state index is -1.89. The molecule has 0 amide bonds. The lowest BCUT2D eigenvalue weighted by Gasteiger charge is -2.36. The van der Waals surface area contributed by atoms with E-state index in [4.69, 9.17) is 9.53 Å². The molecule has 106 valence electrons. The Morgan fingerprint density at radius 3 is 2.37 bits per heavy atom. The van der Waals surface area contributed by atoms with E-state index >= 15 is 0 Å². The van der Waals surface area contributed by atoms with Crippen LogP contribution in [0, 0.1) is 0 Å². The highest BCUT2D eigenvalue weighted by atomic mass is 79.9. The largest absolute Gasteiger partial charge is 0.543 e. The fraction of sp³-hybridized carbons (Fsp3) is 0.500. The number of carboxylic acid groups (broad SMARTS) is 1. The van der Waals surface area contributed by atoms with Gasteiger partial charge in [0.05, 0.1) is 5.56 Å². The summed E-state index contributed by atoms with van der Waals surface area (Å²) >= 11 is 3.32. The Hall–Kier alpha value is -0.813. The third-order valence-corrected chi connectivity index (χ3v) is 8.59. The van der Waals surface area contributed by atoms with Gasteiger partial charge in [0.2, 0.25) is 8.32 Å². The number of carbonyl (C=O) groups is 1. The number of alkyl halides is 1. The lowest BCUT2D eigenvalue weighted by atomic mass is 10.1. The Morgan fingerprint density at radius 1 is 1.37 bits per heavy atom. The van der Waals surface area contributed by atoms with Gasteiger partial charge in [0.15, 0.2) is 0 Å². The summed E-state index contributed by atoms with van der Waals surface area (Å²) in [4.78, 5) is 11.1. The minimum Gasteiger partial charge on any atom is -0.543 e. The fourth-order valence-corrected chi connectivity index (χ4v) is 2.89. The first-order valence-corrected chi connectivity index (χ1v) is 10.2. The summed E-state index contributed by atoms with van der Waals surface area (Å²) in [6.07, 6.45) is 0. The fourth-order valence-electron chi connectivity index (χ4n) is 1.40. The van der Waals surface area contributed by atoms with E-state index in [0.29, 0.717) is 10.9 Å². The van der Waals surface area contributed by atoms with Crippen LogP contribution in [0.5, 0.6) is 5.75 Å². The van der Waals surface area contributed by atoms with E-state index < -0.39 is 14.3 Å². The van der Waals surface area contributed by atoms with Crippen LogP contribution in [0.25, 0.3) is 0 Å². The normalized spacial score (nSPS) is 12.3. The molecule has 0 radical (unpaired) electrons. The van der Waals surface area contributed by atoms with E-state index in [9.17, 15) is 4.79 Å². The molecule has 0 saturated heterocycles. The first-order chi connectivity index (χ1) is 8.58. The van der Waals surface area contributed by atoms with E-state index in [1.165, 1.54) is 0 Å². The second kappa shape index (κ2) is 5.67. The highest BCUT2D eigenvalue weighted by Gasteiger charge is 2.39. The number of halogens is 1. The number of hydrogen-bond donors (Lipinski definition) is 1. The van der Waals surface area contributed by atoms with Gasteiger partial charge < -0.3 is 9.53 Å². The molecule has 0 bridgehead atoms. The highest BCUT2D eigenvalue weighted by molar-refractivity contribution is 9.08. The summed E-state index contributed by atoms with van der Waals surface area (Å²) in [6, 6.07) is 5.18. The van der Waals surface area contributed by atoms with Crippen LogP contribution in [0.15, 0.2) is 18.2 Å². The van der Waals surface area contributed by atoms with Crippen LogP contribution >= 0.6 is 15.9 Å². The molecule has 1 rings (SSSR count). The first-order valence-electron chi connectivity index (χ1n) is 6.19. The van der Waals surface area contributed by atoms with Gasteiger partial charge in [-0.3, -0.25) is 0 Å². The van der Waals surface area contributed by atoms with E-state index in [-0.39, 0.29) is 5.04 Å². The summed E-state index contributed by atoms with van der Waals surface area (Å²) in [7, 11) is -1.89. The standard InChI is InChI=1S/C14H21BrO3Si/c1-14(2,3)19(4,5)18-11-6-7-12(13(16)17)10(8-11)9-15/h6-8H,9H2,1-5H3,(H,16,17). The molecular formula is C14H21BrO3Si. The van der Waals surface area contributed by atoms with Gasteiger partial charge in [-0.15, -0.1) is 0 Å². The van der Waals surface area contributed by atoms with Crippen molar-refractivity contribution in [2.45, 2.75) is 44.2 Å². The van der Waals surface area contributed by atoms with Crippen LogP contribution in [0.3, 0.4) is 0 Å². The Bertz CT molecular complexity index is 478. The molecular weight excluding hydrogens is 324 g/mol. The van der Waals surface area contributed by atoms with Crippen LogP contribution in [-0.2, 0) is 5.33 Å². The number of carboxylic acids is 1. The van der Waals surface area contributed by atoms with E-state index in [0.717, 1.165) is 11.3 Å². The van der Waals surface area contributed by atoms with Crippen molar-refractivity contribution in [2.75, 3.05) is 0 Å². The maximum Gasteiger partial charge on any atom is 0.335 e. The molecule has 1 aromatic rings. The maximum absolute atomic E-state index is 11.1. The molecule has 0 saturated carbocycles. The van der Waals surface area contributed by atoms with Crippen LogP contribution in [0.2, 0.25) is 18.1 Å². The molecule has 0 aliphatic heterocycles. The van der Waals surface area contributed by atoms with Crippen LogP contribution in [-0.4, -0.2) is 19.4 Å². The van der Waals surface area contributed by atoms with Crippen LogP contribution in [0.1, 0.15) is 36.7 Å². The molecule has 3 nitrogen and oxygen atoms in total. The first kappa shape index (κ1) is 16.2. The van der Waals surface area contributed by atoms with Crippen molar-refractivity contribution in [1.82, 2.24) is 0 Å². The Labute approximate surface area is 124 Å². The van der Waals surface area contributed by atoms with E-state index in [2.05, 4.69) is 49.8 Å². The van der Waals surface area contributed by atoms with Gasteiger partial charge in [-0.25, -0.2) is 4.79 Å². The van der Waals surface area contributed by atoms with Gasteiger partial charge in [-0.1, -0.05) is 36.7 Å². The molecule has 0 atom stereocenters. The molecule has 1 aromatic carbocycles. The molecule has 1 N–H and O–H groups in total. The molecule has 0 fully saturated rings. The van der Waals surface area contributed by atoms with Crippen LogP contribution < -0.4 is 4.43 Å². The highest BCUT2D eigenvalue weighted by Crippen LogP contribution is 2.37. The average Bonchev–Trinajstić information content (AvgIpc) is 2.26. The lowest BCUT2D eigenvalue weighted by molar-refractivity contribution is 0.0696. The number of benzene rings is 1. The monoisotopic (exact) mass is 344 g/mol. The van der Waals surface area contributed by atoms with Crippen molar-refractivity contribution in [1.29, 1.82) is 0 Å². The zero-order valence-electron chi connectivity index (χ0n) is 12.1. The molecule has 0 heterocycles. The van der Waals surface area contributed by atoms with Crippen molar-refractivity contribution in [3.63, 3.8) is 0 Å². The number of aromatic carboxylic acids is 1. The Morgan fingerprint density at radius 2 is 1.95 bits per heavy atom. The maximum atomic E-state index is 11.1. The Balaban J connectivity index is 3.08. The van der Waals surface area contributed by atoms with Gasteiger partial charge in [0.1, 0.15) is 5.75 Å². The molecule has 0 aliphatic carbocycles. The molecule has 5 heteroatoms. The van der Waals surface area contributed by atoms with Crippen molar-refractivity contribution in [3.8, 4) is 5.75 Å². The Kier molecular flexibility index (Phi) is 4.85. The number of hydrogen-bond acceptors (Lipinski definition) is 2. The average molecular weight is 345 g/mol.